The van der Waals surface area contributed by atoms with Crippen molar-refractivity contribution in [2.24, 2.45) is 0 Å². The molecule has 0 saturated heterocycles. The van der Waals surface area contributed by atoms with E-state index in [9.17, 15) is 5.11 Å². The summed E-state index contributed by atoms with van der Waals surface area (Å²) < 4.78 is 1.76. The molecule has 6 nitrogen and oxygen atoms in total. The quantitative estimate of drug-likeness (QED) is 0.623. The van der Waals surface area contributed by atoms with Crippen LogP contribution in [0.15, 0.2) is 42.6 Å². The molecule has 21 heavy (non-hydrogen) atoms. The van der Waals surface area contributed by atoms with Gasteiger partial charge in [0.2, 0.25) is 0 Å². The number of phenolic OH excluding ortho intramolecular Hbond substituents is 1. The fraction of sp³-hybridized carbons (Fsp3) is 0.200. The number of nitrogens with zero attached hydrogens (tertiary/aromatic N) is 3. The van der Waals surface area contributed by atoms with Crippen molar-refractivity contribution in [3.05, 3.63) is 42.6 Å². The number of aromatic nitrogens is 3. The first-order valence-corrected chi connectivity index (χ1v) is 6.77. The van der Waals surface area contributed by atoms with E-state index in [4.69, 9.17) is 5.11 Å². The Bertz CT molecular complexity index is 737. The van der Waals surface area contributed by atoms with Crippen LogP contribution in [-0.2, 0) is 0 Å². The summed E-state index contributed by atoms with van der Waals surface area (Å²) in [6, 6.07) is 10.7. The number of anilines is 1. The number of fused-ring (bicyclic) bond motifs is 1. The highest BCUT2D eigenvalue weighted by atomic mass is 16.3. The highest BCUT2D eigenvalue weighted by Crippen LogP contribution is 2.22. The van der Waals surface area contributed by atoms with E-state index in [0.29, 0.717) is 13.0 Å². The van der Waals surface area contributed by atoms with Gasteiger partial charge in [0, 0.05) is 18.7 Å². The summed E-state index contributed by atoms with van der Waals surface area (Å²) in [5.41, 5.74) is 2.54. The van der Waals surface area contributed by atoms with Crippen molar-refractivity contribution >= 4 is 11.5 Å². The summed E-state index contributed by atoms with van der Waals surface area (Å²) in [6.45, 7) is 0.817. The van der Waals surface area contributed by atoms with Crippen LogP contribution in [0, 0.1) is 0 Å². The van der Waals surface area contributed by atoms with Crippen molar-refractivity contribution in [2.75, 3.05) is 18.5 Å². The predicted octanol–water partition coefficient (Wildman–Crippen LogP) is 1.90. The molecule has 6 heteroatoms. The molecule has 0 amide bonds. The second kappa shape index (κ2) is 5.80. The summed E-state index contributed by atoms with van der Waals surface area (Å²) >= 11 is 0. The van der Waals surface area contributed by atoms with Gasteiger partial charge in [-0.05, 0) is 42.8 Å². The zero-order valence-corrected chi connectivity index (χ0v) is 11.4. The molecule has 0 aliphatic carbocycles. The number of hydrogen-bond donors (Lipinski definition) is 3. The number of benzene rings is 1. The zero-order chi connectivity index (χ0) is 14.7. The number of hydrogen-bond acceptors (Lipinski definition) is 5. The van der Waals surface area contributed by atoms with Gasteiger partial charge >= 0.3 is 0 Å². The van der Waals surface area contributed by atoms with Gasteiger partial charge in [0.05, 0.1) is 11.9 Å². The summed E-state index contributed by atoms with van der Waals surface area (Å²) in [6.07, 6.45) is 2.43. The molecule has 0 unspecified atom stereocenters. The molecular weight excluding hydrogens is 268 g/mol. The van der Waals surface area contributed by atoms with Gasteiger partial charge in [-0.3, -0.25) is 0 Å². The summed E-state index contributed by atoms with van der Waals surface area (Å²) in [4.78, 5) is 4.33. The van der Waals surface area contributed by atoms with Gasteiger partial charge in [0.15, 0.2) is 5.65 Å². The normalized spacial score (nSPS) is 10.9. The molecule has 0 aliphatic heterocycles. The largest absolute Gasteiger partial charge is 0.508 e. The molecule has 3 N–H and O–H groups in total. The summed E-state index contributed by atoms with van der Waals surface area (Å²) in [5, 5.41) is 25.8. The van der Waals surface area contributed by atoms with Crippen molar-refractivity contribution in [2.45, 2.75) is 6.42 Å². The fourth-order valence-electron chi connectivity index (χ4n) is 2.09. The Morgan fingerprint density at radius 3 is 2.67 bits per heavy atom. The highest BCUT2D eigenvalue weighted by Gasteiger charge is 2.08. The van der Waals surface area contributed by atoms with Crippen LogP contribution in [0.1, 0.15) is 6.42 Å². The second-order valence-corrected chi connectivity index (χ2v) is 4.68. The van der Waals surface area contributed by atoms with E-state index in [1.54, 1.807) is 22.8 Å². The average Bonchev–Trinajstić information content (AvgIpc) is 2.92. The Labute approximate surface area is 121 Å². The molecule has 2 heterocycles. The number of aliphatic hydroxyl groups is 1. The van der Waals surface area contributed by atoms with E-state index < -0.39 is 0 Å². The maximum Gasteiger partial charge on any atom is 0.154 e. The first kappa shape index (κ1) is 13.4. The van der Waals surface area contributed by atoms with Gasteiger partial charge in [-0.1, -0.05) is 0 Å². The number of aliphatic hydroxyl groups excluding tert-OH is 1. The van der Waals surface area contributed by atoms with Crippen molar-refractivity contribution in [1.82, 2.24) is 14.6 Å². The van der Waals surface area contributed by atoms with Crippen LogP contribution >= 0.6 is 0 Å². The van der Waals surface area contributed by atoms with Crippen LogP contribution < -0.4 is 5.32 Å². The Balaban J connectivity index is 1.95. The third-order valence-electron chi connectivity index (χ3n) is 3.17. The Hall–Kier alpha value is -2.60. The van der Waals surface area contributed by atoms with Gasteiger partial charge < -0.3 is 15.5 Å². The van der Waals surface area contributed by atoms with Crippen molar-refractivity contribution < 1.29 is 10.2 Å². The predicted molar refractivity (Wildman–Crippen MR) is 80.3 cm³/mol. The maximum atomic E-state index is 9.36. The van der Waals surface area contributed by atoms with E-state index in [1.807, 2.05) is 24.3 Å². The monoisotopic (exact) mass is 284 g/mol. The third kappa shape index (κ3) is 2.80. The molecule has 0 spiro atoms. The molecule has 0 fully saturated rings. The molecular formula is C15H16N4O2. The first-order valence-electron chi connectivity index (χ1n) is 6.77. The van der Waals surface area contributed by atoms with Crippen LogP contribution in [-0.4, -0.2) is 38.0 Å². The standard InChI is InChI=1S/C15H16N4O2/c20-9-1-8-16-14-6-7-15-17-10-13(19(15)18-14)11-2-4-12(21)5-3-11/h2-7,10,20-21H,1,8-9H2,(H,16,18). The van der Waals surface area contributed by atoms with Crippen LogP contribution in [0.2, 0.25) is 0 Å². The molecule has 0 aliphatic rings. The van der Waals surface area contributed by atoms with E-state index in [1.165, 1.54) is 0 Å². The Kier molecular flexibility index (Phi) is 3.70. The van der Waals surface area contributed by atoms with Crippen LogP contribution in [0.25, 0.3) is 16.9 Å². The lowest BCUT2D eigenvalue weighted by Crippen LogP contribution is -2.07. The van der Waals surface area contributed by atoms with Gasteiger partial charge in [-0.25, -0.2) is 9.50 Å². The molecule has 3 aromatic rings. The minimum atomic E-state index is 0.152. The molecule has 2 aromatic heterocycles. The van der Waals surface area contributed by atoms with Crippen LogP contribution in [0.5, 0.6) is 5.75 Å². The lowest BCUT2D eigenvalue weighted by molar-refractivity contribution is 0.292. The smallest absolute Gasteiger partial charge is 0.154 e. The number of imidazole rings is 1. The van der Waals surface area contributed by atoms with Gasteiger partial charge in [0.25, 0.3) is 0 Å². The number of phenols is 1. The van der Waals surface area contributed by atoms with E-state index in [2.05, 4.69) is 15.4 Å². The molecule has 0 radical (unpaired) electrons. The van der Waals surface area contributed by atoms with Gasteiger partial charge in [0.1, 0.15) is 11.6 Å². The molecule has 0 atom stereocenters. The van der Waals surface area contributed by atoms with Crippen molar-refractivity contribution in [1.29, 1.82) is 0 Å². The van der Waals surface area contributed by atoms with Crippen LogP contribution in [0.3, 0.4) is 0 Å². The second-order valence-electron chi connectivity index (χ2n) is 4.68. The lowest BCUT2D eigenvalue weighted by atomic mass is 10.2. The number of nitrogens with one attached hydrogen (secondary N) is 1. The molecule has 108 valence electrons. The highest BCUT2D eigenvalue weighted by molar-refractivity contribution is 5.64. The molecule has 0 bridgehead atoms. The minimum Gasteiger partial charge on any atom is -0.508 e. The van der Waals surface area contributed by atoms with Gasteiger partial charge in [-0.2, -0.15) is 0 Å². The van der Waals surface area contributed by atoms with E-state index in [-0.39, 0.29) is 12.4 Å². The topological polar surface area (TPSA) is 82.7 Å². The zero-order valence-electron chi connectivity index (χ0n) is 11.4. The van der Waals surface area contributed by atoms with E-state index in [0.717, 1.165) is 22.7 Å². The van der Waals surface area contributed by atoms with Gasteiger partial charge in [-0.15, -0.1) is 5.10 Å². The number of rotatable bonds is 5. The number of aromatic hydroxyl groups is 1. The third-order valence-corrected chi connectivity index (χ3v) is 3.17. The SMILES string of the molecule is OCCCNc1ccc2ncc(-c3ccc(O)cc3)n2n1. The molecule has 1 aromatic carbocycles. The maximum absolute atomic E-state index is 9.36. The van der Waals surface area contributed by atoms with Crippen molar-refractivity contribution in [3.8, 4) is 17.0 Å². The Morgan fingerprint density at radius 1 is 1.10 bits per heavy atom. The first-order chi connectivity index (χ1) is 10.3. The molecule has 3 rings (SSSR count). The fourth-order valence-corrected chi connectivity index (χ4v) is 2.09. The minimum absolute atomic E-state index is 0.152. The van der Waals surface area contributed by atoms with Crippen molar-refractivity contribution in [3.63, 3.8) is 0 Å². The average molecular weight is 284 g/mol. The van der Waals surface area contributed by atoms with Crippen LogP contribution in [0.4, 0.5) is 5.82 Å². The summed E-state index contributed by atoms with van der Waals surface area (Å²) in [5.74, 6) is 0.959. The Morgan fingerprint density at radius 2 is 1.90 bits per heavy atom. The molecule has 0 saturated carbocycles. The lowest BCUT2D eigenvalue weighted by Gasteiger charge is -2.06. The van der Waals surface area contributed by atoms with E-state index >= 15 is 0 Å². The summed E-state index contributed by atoms with van der Waals surface area (Å²) in [7, 11) is 0.